The van der Waals surface area contributed by atoms with Crippen molar-refractivity contribution in [2.75, 3.05) is 7.11 Å². The fraction of sp³-hybridized carbons (Fsp3) is 0.786. The van der Waals surface area contributed by atoms with Crippen LogP contribution in [0.15, 0.2) is 0 Å². The van der Waals surface area contributed by atoms with E-state index in [0.717, 1.165) is 25.7 Å². The summed E-state index contributed by atoms with van der Waals surface area (Å²) >= 11 is 0. The molecule has 98 valence electrons. The molecule has 4 nitrogen and oxygen atoms in total. The second-order valence-corrected chi connectivity index (χ2v) is 5.93. The van der Waals surface area contributed by atoms with Gasteiger partial charge in [-0.3, -0.25) is 14.4 Å². The van der Waals surface area contributed by atoms with Gasteiger partial charge < -0.3 is 4.74 Å². The first-order chi connectivity index (χ1) is 8.61. The van der Waals surface area contributed by atoms with Crippen molar-refractivity contribution in [1.82, 2.24) is 0 Å². The van der Waals surface area contributed by atoms with Crippen molar-refractivity contribution in [1.29, 1.82) is 0 Å². The van der Waals surface area contributed by atoms with E-state index in [-0.39, 0.29) is 17.9 Å². The lowest BCUT2D eigenvalue weighted by molar-refractivity contribution is -0.141. The number of ether oxygens (including phenoxy) is 1. The summed E-state index contributed by atoms with van der Waals surface area (Å²) < 4.78 is 5.40. The Labute approximate surface area is 106 Å². The number of Topliss-reactive ketones (excluding diaryl/α,β-unsaturated/α-hetero) is 3. The van der Waals surface area contributed by atoms with Gasteiger partial charge in [0.15, 0.2) is 0 Å². The van der Waals surface area contributed by atoms with Crippen molar-refractivity contribution in [2.45, 2.75) is 38.2 Å². The minimum absolute atomic E-state index is 0.283. The standard InChI is InChI=1S/C14H18O4/c1-18-9-3-2-7-5-10-11(6-8(7)4-9)13(16)14(17)12(10)15/h7-11H,2-6H2,1H3. The molecule has 0 heterocycles. The summed E-state index contributed by atoms with van der Waals surface area (Å²) in [6.45, 7) is 0. The van der Waals surface area contributed by atoms with Crippen molar-refractivity contribution in [3.8, 4) is 0 Å². The van der Waals surface area contributed by atoms with Gasteiger partial charge in [-0.1, -0.05) is 0 Å². The van der Waals surface area contributed by atoms with Crippen LogP contribution in [0.2, 0.25) is 0 Å². The maximum atomic E-state index is 11.8. The number of ketones is 3. The van der Waals surface area contributed by atoms with E-state index >= 15 is 0 Å². The van der Waals surface area contributed by atoms with E-state index in [1.807, 2.05) is 0 Å². The molecule has 3 aliphatic carbocycles. The lowest BCUT2D eigenvalue weighted by atomic mass is 9.63. The number of carbonyl (C=O) groups is 3. The SMILES string of the molecule is COC1CCC2CC3C(=O)C(=O)C(=O)C3CC2C1. The second-order valence-electron chi connectivity index (χ2n) is 5.93. The molecule has 4 heteroatoms. The van der Waals surface area contributed by atoms with Gasteiger partial charge in [0.1, 0.15) is 0 Å². The second kappa shape index (κ2) is 4.26. The molecule has 0 radical (unpaired) electrons. The van der Waals surface area contributed by atoms with Crippen LogP contribution in [0.25, 0.3) is 0 Å². The van der Waals surface area contributed by atoms with Crippen LogP contribution in [-0.2, 0) is 19.1 Å². The van der Waals surface area contributed by atoms with Crippen LogP contribution in [0, 0.1) is 23.7 Å². The van der Waals surface area contributed by atoms with Crippen molar-refractivity contribution >= 4 is 17.3 Å². The molecule has 3 fully saturated rings. The summed E-state index contributed by atoms with van der Waals surface area (Å²) in [5.74, 6) is -1.26. The molecule has 0 aromatic rings. The number of fused-ring (bicyclic) bond motifs is 2. The average molecular weight is 250 g/mol. The molecule has 3 aliphatic rings. The van der Waals surface area contributed by atoms with Gasteiger partial charge in [0, 0.05) is 18.9 Å². The zero-order valence-electron chi connectivity index (χ0n) is 10.6. The molecule has 18 heavy (non-hydrogen) atoms. The van der Waals surface area contributed by atoms with Gasteiger partial charge in [0.25, 0.3) is 5.78 Å². The highest BCUT2D eigenvalue weighted by Gasteiger charge is 2.53. The summed E-state index contributed by atoms with van der Waals surface area (Å²) in [4.78, 5) is 35.0. The smallest absolute Gasteiger partial charge is 0.264 e. The highest BCUT2D eigenvalue weighted by molar-refractivity contribution is 6.68. The highest BCUT2D eigenvalue weighted by Crippen LogP contribution is 2.48. The number of hydrogen-bond acceptors (Lipinski definition) is 4. The molecule has 0 bridgehead atoms. The Kier molecular flexibility index (Phi) is 2.85. The monoisotopic (exact) mass is 250 g/mol. The summed E-state index contributed by atoms with van der Waals surface area (Å²) in [6, 6.07) is 0. The lowest BCUT2D eigenvalue weighted by Crippen LogP contribution is -2.38. The molecular formula is C14H18O4. The summed E-state index contributed by atoms with van der Waals surface area (Å²) in [7, 11) is 1.73. The van der Waals surface area contributed by atoms with E-state index in [1.54, 1.807) is 7.11 Å². The normalized spacial score (nSPS) is 43.8. The number of methoxy groups -OCH3 is 1. The van der Waals surface area contributed by atoms with Gasteiger partial charge in [0.05, 0.1) is 6.10 Å². The quantitative estimate of drug-likeness (QED) is 0.655. The summed E-state index contributed by atoms with van der Waals surface area (Å²) in [5, 5.41) is 0. The average Bonchev–Trinajstić information content (AvgIpc) is 2.61. The van der Waals surface area contributed by atoms with Crippen LogP contribution in [0.1, 0.15) is 32.1 Å². The molecule has 0 aromatic carbocycles. The minimum atomic E-state index is -0.744. The molecule has 5 unspecified atom stereocenters. The van der Waals surface area contributed by atoms with E-state index in [9.17, 15) is 14.4 Å². The Hall–Kier alpha value is -1.03. The van der Waals surface area contributed by atoms with E-state index < -0.39 is 17.3 Å². The number of carbonyl (C=O) groups excluding carboxylic acids is 3. The van der Waals surface area contributed by atoms with Crippen molar-refractivity contribution < 1.29 is 19.1 Å². The molecule has 0 aliphatic heterocycles. The van der Waals surface area contributed by atoms with Gasteiger partial charge in [0.2, 0.25) is 11.6 Å². The Morgan fingerprint density at radius 3 is 2.11 bits per heavy atom. The number of rotatable bonds is 1. The number of hydrogen-bond donors (Lipinski definition) is 0. The van der Waals surface area contributed by atoms with Gasteiger partial charge in [-0.05, 0) is 43.9 Å². The highest BCUT2D eigenvalue weighted by atomic mass is 16.5. The molecule has 5 atom stereocenters. The third-order valence-corrected chi connectivity index (χ3v) is 5.15. The van der Waals surface area contributed by atoms with Gasteiger partial charge in [-0.2, -0.15) is 0 Å². The van der Waals surface area contributed by atoms with Gasteiger partial charge >= 0.3 is 0 Å². The Morgan fingerprint density at radius 1 is 0.889 bits per heavy atom. The van der Waals surface area contributed by atoms with Crippen LogP contribution in [-0.4, -0.2) is 30.6 Å². The molecule has 0 saturated heterocycles. The maximum absolute atomic E-state index is 11.8. The third kappa shape index (κ3) is 1.66. The van der Waals surface area contributed by atoms with Crippen LogP contribution in [0.3, 0.4) is 0 Å². The first-order valence-electron chi connectivity index (χ1n) is 6.77. The Balaban J connectivity index is 1.79. The zero-order chi connectivity index (χ0) is 12.9. The van der Waals surface area contributed by atoms with Crippen LogP contribution < -0.4 is 0 Å². The topological polar surface area (TPSA) is 60.4 Å². The molecule has 0 amide bonds. The predicted octanol–water partition coefficient (Wildman–Crippen LogP) is 1.16. The molecule has 3 rings (SSSR count). The molecule has 3 saturated carbocycles. The Bertz CT molecular complexity index is 414. The van der Waals surface area contributed by atoms with Crippen molar-refractivity contribution in [3.05, 3.63) is 0 Å². The summed E-state index contributed by atoms with van der Waals surface area (Å²) in [6.07, 6.45) is 4.80. The minimum Gasteiger partial charge on any atom is -0.381 e. The zero-order valence-corrected chi connectivity index (χ0v) is 10.6. The predicted molar refractivity (Wildman–Crippen MR) is 62.9 cm³/mol. The van der Waals surface area contributed by atoms with Crippen molar-refractivity contribution in [3.63, 3.8) is 0 Å². The van der Waals surface area contributed by atoms with Gasteiger partial charge in [-0.15, -0.1) is 0 Å². The van der Waals surface area contributed by atoms with Crippen LogP contribution >= 0.6 is 0 Å². The molecule has 0 N–H and O–H groups in total. The first-order valence-corrected chi connectivity index (χ1v) is 6.77. The lowest BCUT2D eigenvalue weighted by Gasteiger charge is -2.42. The van der Waals surface area contributed by atoms with E-state index in [4.69, 9.17) is 4.74 Å². The van der Waals surface area contributed by atoms with E-state index in [2.05, 4.69) is 0 Å². The fourth-order valence-electron chi connectivity index (χ4n) is 4.12. The maximum Gasteiger partial charge on any atom is 0.264 e. The molecular weight excluding hydrogens is 232 g/mol. The first kappa shape index (κ1) is 12.0. The fourth-order valence-corrected chi connectivity index (χ4v) is 4.12. The largest absolute Gasteiger partial charge is 0.381 e. The van der Waals surface area contributed by atoms with E-state index in [1.165, 1.54) is 0 Å². The van der Waals surface area contributed by atoms with Gasteiger partial charge in [-0.25, -0.2) is 0 Å². The molecule has 0 aromatic heterocycles. The van der Waals surface area contributed by atoms with Crippen LogP contribution in [0.4, 0.5) is 0 Å². The Morgan fingerprint density at radius 2 is 1.50 bits per heavy atom. The van der Waals surface area contributed by atoms with Crippen molar-refractivity contribution in [2.24, 2.45) is 23.7 Å². The molecule has 0 spiro atoms. The summed E-state index contributed by atoms with van der Waals surface area (Å²) in [5.41, 5.74) is 0. The third-order valence-electron chi connectivity index (χ3n) is 5.15. The van der Waals surface area contributed by atoms with E-state index in [0.29, 0.717) is 18.3 Å². The van der Waals surface area contributed by atoms with Crippen LogP contribution in [0.5, 0.6) is 0 Å².